The summed E-state index contributed by atoms with van der Waals surface area (Å²) in [6, 6.07) is 22.3. The highest BCUT2D eigenvalue weighted by molar-refractivity contribution is 7.22. The van der Waals surface area contributed by atoms with Crippen molar-refractivity contribution in [2.24, 2.45) is 0 Å². The predicted octanol–water partition coefficient (Wildman–Crippen LogP) is 5.92. The summed E-state index contributed by atoms with van der Waals surface area (Å²) in [4.78, 5) is 32.9. The number of hydrogen-bond donors (Lipinski definition) is 0. The molecule has 4 aromatic rings. The number of fused-ring (bicyclic) bond motifs is 1. The van der Waals surface area contributed by atoms with E-state index in [1.807, 2.05) is 24.3 Å². The third-order valence-corrected chi connectivity index (χ3v) is 7.21. The number of ether oxygens (including phenoxy) is 1. The normalized spacial score (nSPS) is 15.5. The summed E-state index contributed by atoms with van der Waals surface area (Å²) in [6.45, 7) is 3.31. The molecule has 1 amide bonds. The van der Waals surface area contributed by atoms with Gasteiger partial charge < -0.3 is 4.74 Å². The maximum atomic E-state index is 13.6. The van der Waals surface area contributed by atoms with Gasteiger partial charge in [0.1, 0.15) is 0 Å². The van der Waals surface area contributed by atoms with Gasteiger partial charge in [0.15, 0.2) is 10.9 Å². The van der Waals surface area contributed by atoms with E-state index in [0.717, 1.165) is 36.1 Å². The van der Waals surface area contributed by atoms with E-state index in [2.05, 4.69) is 19.1 Å². The summed E-state index contributed by atoms with van der Waals surface area (Å²) in [5.41, 5.74) is 3.85. The van der Waals surface area contributed by atoms with Crippen LogP contribution in [0.1, 0.15) is 51.6 Å². The fraction of sp³-hybridized carbons (Fsp3) is 0.250. The molecule has 0 saturated carbocycles. The van der Waals surface area contributed by atoms with Gasteiger partial charge in [0.25, 0.3) is 5.91 Å². The van der Waals surface area contributed by atoms with Crippen molar-refractivity contribution in [1.82, 2.24) is 4.98 Å². The van der Waals surface area contributed by atoms with E-state index in [1.54, 1.807) is 41.3 Å². The quantitative estimate of drug-likeness (QED) is 0.315. The Labute approximate surface area is 203 Å². The number of ketones is 1. The molecule has 1 unspecified atom stereocenters. The van der Waals surface area contributed by atoms with Crippen molar-refractivity contribution < 1.29 is 14.3 Å². The van der Waals surface area contributed by atoms with Crippen LogP contribution >= 0.6 is 11.3 Å². The summed E-state index contributed by atoms with van der Waals surface area (Å²) in [6.07, 6.45) is 2.89. The average Bonchev–Trinajstić information content (AvgIpc) is 3.56. The number of hydrogen-bond acceptors (Lipinski definition) is 5. The van der Waals surface area contributed by atoms with Gasteiger partial charge in [-0.1, -0.05) is 66.8 Å². The van der Waals surface area contributed by atoms with E-state index in [9.17, 15) is 9.59 Å². The third-order valence-electron chi connectivity index (χ3n) is 6.17. The second-order valence-corrected chi connectivity index (χ2v) is 9.48. The number of rotatable bonds is 7. The molecule has 5 nitrogen and oxygen atoms in total. The number of carbonyl (C=O) groups excluding carboxylic acids is 2. The van der Waals surface area contributed by atoms with Gasteiger partial charge in [-0.25, -0.2) is 4.98 Å². The fourth-order valence-corrected chi connectivity index (χ4v) is 5.25. The number of thiazole rings is 1. The molecule has 2 heterocycles. The Bertz CT molecular complexity index is 1310. The minimum Gasteiger partial charge on any atom is -0.376 e. The van der Waals surface area contributed by atoms with E-state index >= 15 is 0 Å². The number of anilines is 1. The topological polar surface area (TPSA) is 59.5 Å². The molecular formula is C28H26N2O3S. The van der Waals surface area contributed by atoms with Crippen LogP contribution in [-0.4, -0.2) is 35.9 Å². The molecule has 5 rings (SSSR count). The molecular weight excluding hydrogens is 444 g/mol. The lowest BCUT2D eigenvalue weighted by Gasteiger charge is -2.23. The summed E-state index contributed by atoms with van der Waals surface area (Å²) in [5.74, 6) is -0.197. The SMILES string of the molecule is CCc1ccc2nc(N(CC3CCCO3)C(=O)c3ccc(C(=O)c4ccccc4)cc3)sc2c1. The van der Waals surface area contributed by atoms with Gasteiger partial charge in [-0.05, 0) is 49.1 Å². The van der Waals surface area contributed by atoms with Crippen LogP contribution in [0.4, 0.5) is 5.13 Å². The molecule has 34 heavy (non-hydrogen) atoms. The van der Waals surface area contributed by atoms with Gasteiger partial charge in [0.2, 0.25) is 0 Å². The number of nitrogens with zero attached hydrogens (tertiary/aromatic N) is 2. The molecule has 1 aromatic heterocycles. The zero-order chi connectivity index (χ0) is 23.5. The van der Waals surface area contributed by atoms with E-state index < -0.39 is 0 Å². The first-order valence-corrected chi connectivity index (χ1v) is 12.5. The summed E-state index contributed by atoms with van der Waals surface area (Å²) in [7, 11) is 0. The van der Waals surface area contributed by atoms with Gasteiger partial charge in [-0.2, -0.15) is 0 Å². The second kappa shape index (κ2) is 9.87. The molecule has 0 bridgehead atoms. The van der Waals surface area contributed by atoms with Crippen LogP contribution in [-0.2, 0) is 11.2 Å². The fourth-order valence-electron chi connectivity index (χ4n) is 4.21. The Balaban J connectivity index is 1.44. The number of carbonyl (C=O) groups is 2. The van der Waals surface area contributed by atoms with Crippen molar-refractivity contribution in [3.63, 3.8) is 0 Å². The molecule has 6 heteroatoms. The minimum absolute atomic E-state index is 0.00102. The molecule has 1 saturated heterocycles. The first kappa shape index (κ1) is 22.4. The standard InChI is InChI=1S/C28H26N2O3S/c1-2-19-10-15-24-25(17-19)34-28(29-24)30(18-23-9-6-16-33-23)27(32)22-13-11-21(12-14-22)26(31)20-7-4-3-5-8-20/h3-5,7-8,10-15,17,23H,2,6,9,16,18H2,1H3. The molecule has 0 spiro atoms. The maximum Gasteiger partial charge on any atom is 0.260 e. The smallest absolute Gasteiger partial charge is 0.260 e. The maximum absolute atomic E-state index is 13.6. The zero-order valence-corrected chi connectivity index (χ0v) is 19.9. The lowest BCUT2D eigenvalue weighted by molar-refractivity contribution is 0.0917. The molecule has 1 fully saturated rings. The predicted molar refractivity (Wildman–Crippen MR) is 136 cm³/mol. The van der Waals surface area contributed by atoms with Crippen molar-refractivity contribution in [1.29, 1.82) is 0 Å². The van der Waals surface area contributed by atoms with Crippen molar-refractivity contribution in [3.8, 4) is 0 Å². The largest absolute Gasteiger partial charge is 0.376 e. The van der Waals surface area contributed by atoms with Gasteiger partial charge in [-0.15, -0.1) is 0 Å². The first-order valence-electron chi connectivity index (χ1n) is 11.6. The Morgan fingerprint density at radius 1 is 1.00 bits per heavy atom. The zero-order valence-electron chi connectivity index (χ0n) is 19.1. The molecule has 0 radical (unpaired) electrons. The minimum atomic E-state index is -0.135. The number of aromatic nitrogens is 1. The van der Waals surface area contributed by atoms with Crippen LogP contribution in [0.25, 0.3) is 10.2 Å². The van der Waals surface area contributed by atoms with Crippen LogP contribution in [0.15, 0.2) is 72.8 Å². The number of benzene rings is 3. The van der Waals surface area contributed by atoms with Crippen molar-refractivity contribution in [3.05, 3.63) is 95.1 Å². The van der Waals surface area contributed by atoms with E-state index in [1.165, 1.54) is 16.9 Å². The second-order valence-electron chi connectivity index (χ2n) is 8.48. The number of aryl methyl sites for hydroxylation is 1. The highest BCUT2D eigenvalue weighted by Gasteiger charge is 2.27. The first-order chi connectivity index (χ1) is 16.6. The number of amides is 1. The van der Waals surface area contributed by atoms with Gasteiger partial charge >= 0.3 is 0 Å². The Kier molecular flexibility index (Phi) is 6.52. The van der Waals surface area contributed by atoms with E-state index in [0.29, 0.717) is 28.4 Å². The molecule has 0 N–H and O–H groups in total. The van der Waals surface area contributed by atoms with Crippen molar-refractivity contribution >= 4 is 38.4 Å². The molecule has 1 aliphatic rings. The van der Waals surface area contributed by atoms with Gasteiger partial charge in [0, 0.05) is 23.3 Å². The summed E-state index contributed by atoms with van der Waals surface area (Å²) < 4.78 is 6.91. The Morgan fingerprint density at radius 2 is 1.74 bits per heavy atom. The summed E-state index contributed by atoms with van der Waals surface area (Å²) in [5, 5.41) is 0.674. The van der Waals surface area contributed by atoms with Gasteiger partial charge in [-0.3, -0.25) is 14.5 Å². The average molecular weight is 471 g/mol. The molecule has 172 valence electrons. The highest BCUT2D eigenvalue weighted by Crippen LogP contribution is 2.32. The molecule has 1 aliphatic heterocycles. The highest BCUT2D eigenvalue weighted by atomic mass is 32.1. The molecule has 3 aromatic carbocycles. The van der Waals surface area contributed by atoms with Crippen molar-refractivity contribution in [2.75, 3.05) is 18.1 Å². The van der Waals surface area contributed by atoms with Crippen molar-refractivity contribution in [2.45, 2.75) is 32.3 Å². The molecule has 0 aliphatic carbocycles. The van der Waals surface area contributed by atoms with Crippen LogP contribution in [0, 0.1) is 0 Å². The summed E-state index contributed by atoms with van der Waals surface area (Å²) >= 11 is 1.53. The third kappa shape index (κ3) is 4.65. The van der Waals surface area contributed by atoms with E-state index in [-0.39, 0.29) is 17.8 Å². The molecule has 1 atom stereocenters. The Hall–Kier alpha value is -3.35. The van der Waals surface area contributed by atoms with Crippen LogP contribution in [0.3, 0.4) is 0 Å². The monoisotopic (exact) mass is 470 g/mol. The lowest BCUT2D eigenvalue weighted by Crippen LogP contribution is -2.37. The van der Waals surface area contributed by atoms with E-state index in [4.69, 9.17) is 9.72 Å². The van der Waals surface area contributed by atoms with Crippen LogP contribution < -0.4 is 4.90 Å². The lowest BCUT2D eigenvalue weighted by atomic mass is 10.0. The Morgan fingerprint density at radius 3 is 2.44 bits per heavy atom. The van der Waals surface area contributed by atoms with Crippen LogP contribution in [0.2, 0.25) is 0 Å². The van der Waals surface area contributed by atoms with Gasteiger partial charge in [0.05, 0.1) is 22.9 Å². The van der Waals surface area contributed by atoms with Crippen LogP contribution in [0.5, 0.6) is 0 Å².